The number of carboxylic acid groups (broad SMARTS) is 1. The monoisotopic (exact) mass is 620 g/mol. The summed E-state index contributed by atoms with van der Waals surface area (Å²) < 4.78 is 36.0. The van der Waals surface area contributed by atoms with E-state index in [1.54, 1.807) is 37.4 Å². The van der Waals surface area contributed by atoms with E-state index in [9.17, 15) is 28.7 Å². The number of carboxylic acids is 1. The molecule has 0 saturated heterocycles. The molecule has 1 N–H and O–H groups in total. The van der Waals surface area contributed by atoms with Gasteiger partial charge in [0.2, 0.25) is 0 Å². The molecule has 0 aliphatic heterocycles. The summed E-state index contributed by atoms with van der Waals surface area (Å²) >= 11 is 7.61. The molecule has 12 heteroatoms. The first-order chi connectivity index (χ1) is 20.6. The van der Waals surface area contributed by atoms with Crippen LogP contribution in [-0.4, -0.2) is 32.2 Å². The number of hydrogen-bond acceptors (Lipinski definition) is 7. The quantitative estimate of drug-likeness (QED) is 0.192. The number of alkyl halides is 2. The van der Waals surface area contributed by atoms with Crippen LogP contribution in [0.4, 0.5) is 8.78 Å². The second kappa shape index (κ2) is 11.0. The number of fused-ring (bicyclic) bond motifs is 2. The van der Waals surface area contributed by atoms with E-state index in [-0.39, 0.29) is 52.2 Å². The lowest BCUT2D eigenvalue weighted by molar-refractivity contribution is 0.0699. The van der Waals surface area contributed by atoms with Gasteiger partial charge in [-0.25, -0.2) is 18.6 Å². The largest absolute Gasteiger partial charge is 0.491 e. The molecule has 0 spiro atoms. The third kappa shape index (κ3) is 5.11. The fourth-order valence-corrected chi connectivity index (χ4v) is 6.65. The molecule has 6 rings (SSSR count). The van der Waals surface area contributed by atoms with Gasteiger partial charge in [0.05, 0.1) is 38.8 Å². The highest BCUT2D eigenvalue weighted by molar-refractivity contribution is 7.18. The average molecular weight is 621 g/mol. The van der Waals surface area contributed by atoms with Gasteiger partial charge in [0.15, 0.2) is 0 Å². The highest BCUT2D eigenvalue weighted by Crippen LogP contribution is 2.47. The lowest BCUT2D eigenvalue weighted by atomic mass is 9.94. The lowest BCUT2D eigenvalue weighted by Gasteiger charge is -2.17. The van der Waals surface area contributed by atoms with Gasteiger partial charge in [0.25, 0.3) is 12.0 Å². The summed E-state index contributed by atoms with van der Waals surface area (Å²) in [4.78, 5) is 34.3. The molecule has 1 aliphatic carbocycles. The number of thiophene rings is 1. The van der Waals surface area contributed by atoms with Gasteiger partial charge in [0, 0.05) is 32.8 Å². The summed E-state index contributed by atoms with van der Waals surface area (Å²) in [5.41, 5.74) is 1.99. The fraction of sp³-hybridized carbons (Fsp3) is 0.258. The predicted octanol–water partition coefficient (Wildman–Crippen LogP) is 7.41. The van der Waals surface area contributed by atoms with Crippen LogP contribution in [0.5, 0.6) is 5.75 Å². The van der Waals surface area contributed by atoms with Crippen LogP contribution in [0, 0.1) is 25.2 Å². The van der Waals surface area contributed by atoms with Crippen molar-refractivity contribution in [3.05, 3.63) is 84.9 Å². The summed E-state index contributed by atoms with van der Waals surface area (Å²) in [5, 5.41) is 21.6. The molecular formula is C31H23ClF2N4O4S. The van der Waals surface area contributed by atoms with Crippen LogP contribution in [0.1, 0.15) is 63.8 Å². The maximum Gasteiger partial charge on any atom is 0.338 e. The second-order valence-electron chi connectivity index (χ2n) is 10.4. The van der Waals surface area contributed by atoms with Crippen LogP contribution in [0.3, 0.4) is 0 Å². The number of aryl methyl sites for hydroxylation is 2. The molecule has 5 aromatic rings. The number of nitriles is 1. The number of ether oxygens (including phenoxy) is 1. The Morgan fingerprint density at radius 3 is 2.67 bits per heavy atom. The minimum atomic E-state index is -2.78. The molecular weight excluding hydrogens is 598 g/mol. The van der Waals surface area contributed by atoms with Gasteiger partial charge in [-0.2, -0.15) is 5.26 Å². The Bertz CT molecular complexity index is 2060. The van der Waals surface area contributed by atoms with E-state index < -0.39 is 18.0 Å². The minimum absolute atomic E-state index is 0.0313. The number of carbonyl (C=O) groups is 1. The maximum absolute atomic E-state index is 13.9. The molecule has 0 radical (unpaired) electrons. The Morgan fingerprint density at radius 1 is 1.23 bits per heavy atom. The second-order valence-corrected chi connectivity index (χ2v) is 11.7. The topological polar surface area (TPSA) is 118 Å². The standard InChI is InChI=1S/C31H23ClF2N4O4S/c1-14-9-19(28-27(36-14)22(13-43-28)31(40)41)18-10-17(32)5-6-24(18)42-8-7-38-15(2)37-23-11-20(29(33)34)25(16-3-4-16)21(12-35)26(23)30(38)39/h5-6,9-11,13,16,29H,3-4,7-8H2,1-2H3,(H,40,41). The summed E-state index contributed by atoms with van der Waals surface area (Å²) in [6.07, 6.45) is -1.40. The molecule has 8 nitrogen and oxygen atoms in total. The number of rotatable bonds is 8. The van der Waals surface area contributed by atoms with Crippen molar-refractivity contribution >= 4 is 50.0 Å². The van der Waals surface area contributed by atoms with E-state index in [0.29, 0.717) is 56.5 Å². The Hall–Kier alpha value is -4.40. The lowest BCUT2D eigenvalue weighted by Crippen LogP contribution is -2.27. The van der Waals surface area contributed by atoms with E-state index in [0.717, 1.165) is 0 Å². The molecule has 3 aromatic heterocycles. The number of nitrogens with zero attached hydrogens (tertiary/aromatic N) is 4. The third-order valence-electron chi connectivity index (χ3n) is 7.53. The number of hydrogen-bond donors (Lipinski definition) is 1. The van der Waals surface area contributed by atoms with Crippen LogP contribution in [0.25, 0.3) is 32.2 Å². The van der Waals surface area contributed by atoms with Crippen molar-refractivity contribution in [1.29, 1.82) is 5.26 Å². The number of halogens is 3. The summed E-state index contributed by atoms with van der Waals surface area (Å²) in [5.74, 6) is -0.484. The van der Waals surface area contributed by atoms with Crippen molar-refractivity contribution in [1.82, 2.24) is 14.5 Å². The van der Waals surface area contributed by atoms with E-state index in [2.05, 4.69) is 9.97 Å². The Balaban J connectivity index is 1.37. The minimum Gasteiger partial charge on any atom is -0.491 e. The first kappa shape index (κ1) is 28.7. The molecule has 0 bridgehead atoms. The average Bonchev–Trinajstić information content (AvgIpc) is 3.71. The van der Waals surface area contributed by atoms with Gasteiger partial charge in [-0.15, -0.1) is 11.3 Å². The smallest absolute Gasteiger partial charge is 0.338 e. The normalized spacial score (nSPS) is 13.1. The first-order valence-corrected chi connectivity index (χ1v) is 14.7. The number of benzene rings is 2. The van der Waals surface area contributed by atoms with Crippen LogP contribution in [-0.2, 0) is 6.54 Å². The number of pyridine rings is 1. The summed E-state index contributed by atoms with van der Waals surface area (Å²) in [6.45, 7) is 3.48. The van der Waals surface area contributed by atoms with E-state index in [4.69, 9.17) is 16.3 Å². The SMILES string of the molecule is Cc1cc(-c2cc(Cl)ccc2OCCn2c(C)nc3cc(C(F)F)c(C4CC4)c(C#N)c3c2=O)c2scc(C(=O)O)c2n1. The first-order valence-electron chi connectivity index (χ1n) is 13.4. The molecule has 218 valence electrons. The van der Waals surface area contributed by atoms with Crippen molar-refractivity contribution in [2.24, 2.45) is 0 Å². The van der Waals surface area contributed by atoms with Crippen molar-refractivity contribution in [2.45, 2.75) is 45.6 Å². The molecule has 0 unspecified atom stereocenters. The van der Waals surface area contributed by atoms with Gasteiger partial charge >= 0.3 is 5.97 Å². The Morgan fingerprint density at radius 2 is 2.00 bits per heavy atom. The summed E-state index contributed by atoms with van der Waals surface area (Å²) in [7, 11) is 0. The zero-order valence-corrected chi connectivity index (χ0v) is 24.5. The van der Waals surface area contributed by atoms with Gasteiger partial charge in [-0.3, -0.25) is 14.3 Å². The van der Waals surface area contributed by atoms with Crippen LogP contribution in [0.2, 0.25) is 5.02 Å². The van der Waals surface area contributed by atoms with Crippen LogP contribution < -0.4 is 10.3 Å². The van der Waals surface area contributed by atoms with Crippen molar-refractivity contribution in [2.75, 3.05) is 6.61 Å². The molecule has 43 heavy (non-hydrogen) atoms. The van der Waals surface area contributed by atoms with Gasteiger partial charge in [-0.05, 0) is 68.5 Å². The molecule has 1 aliphatic rings. The molecule has 0 atom stereocenters. The molecule has 1 saturated carbocycles. The Kier molecular flexibility index (Phi) is 7.36. The van der Waals surface area contributed by atoms with Gasteiger partial charge < -0.3 is 9.84 Å². The Labute approximate surface area is 252 Å². The molecule has 3 heterocycles. The molecule has 2 aromatic carbocycles. The molecule has 1 fully saturated rings. The van der Waals surface area contributed by atoms with Crippen molar-refractivity contribution < 1.29 is 23.4 Å². The highest BCUT2D eigenvalue weighted by atomic mass is 35.5. The van der Waals surface area contributed by atoms with E-state index in [1.165, 1.54) is 22.0 Å². The van der Waals surface area contributed by atoms with E-state index >= 15 is 0 Å². The fourth-order valence-electron chi connectivity index (χ4n) is 5.47. The van der Waals surface area contributed by atoms with Gasteiger partial charge in [-0.1, -0.05) is 11.6 Å². The zero-order valence-electron chi connectivity index (χ0n) is 23.0. The molecule has 0 amide bonds. The number of aromatic nitrogens is 3. The number of aromatic carboxylic acids is 1. The highest BCUT2D eigenvalue weighted by Gasteiger charge is 2.33. The van der Waals surface area contributed by atoms with Crippen molar-refractivity contribution in [3.8, 4) is 22.9 Å². The third-order valence-corrected chi connectivity index (χ3v) is 8.77. The summed E-state index contributed by atoms with van der Waals surface area (Å²) in [6, 6.07) is 10.2. The zero-order chi connectivity index (χ0) is 30.6. The maximum atomic E-state index is 13.9. The predicted molar refractivity (Wildman–Crippen MR) is 160 cm³/mol. The van der Waals surface area contributed by atoms with Crippen LogP contribution >= 0.6 is 22.9 Å². The van der Waals surface area contributed by atoms with E-state index in [1.807, 2.05) is 12.1 Å². The van der Waals surface area contributed by atoms with Crippen LogP contribution in [0.15, 0.2) is 40.5 Å². The van der Waals surface area contributed by atoms with Gasteiger partial charge in [0.1, 0.15) is 24.3 Å². The van der Waals surface area contributed by atoms with Crippen molar-refractivity contribution in [3.63, 3.8) is 0 Å².